The van der Waals surface area contributed by atoms with Crippen molar-refractivity contribution >= 4 is 0 Å². The summed E-state index contributed by atoms with van der Waals surface area (Å²) in [5, 5.41) is 3.35. The molecule has 2 atom stereocenters. The number of rotatable bonds is 0. The van der Waals surface area contributed by atoms with Gasteiger partial charge >= 0.3 is 0 Å². The highest BCUT2D eigenvalue weighted by atomic mass is 15.3. The predicted octanol–water partition coefficient (Wildman–Crippen LogP) is 0.771. The molecule has 2 unspecified atom stereocenters. The lowest BCUT2D eigenvalue weighted by Crippen LogP contribution is -2.46. The van der Waals surface area contributed by atoms with Gasteiger partial charge in [-0.25, -0.2) is 0 Å². The van der Waals surface area contributed by atoms with E-state index in [0.717, 1.165) is 5.92 Å². The highest BCUT2D eigenvalue weighted by Gasteiger charge is 2.28. The summed E-state index contributed by atoms with van der Waals surface area (Å²) in [7, 11) is 2.19. The standard InChI is InChI=1S/C8H14N2/c1-10-6-2-3-7-4-5-9-8(7)10/h4-5,7-9H,2-3,6H2,1H3. The van der Waals surface area contributed by atoms with Crippen molar-refractivity contribution in [3.8, 4) is 0 Å². The van der Waals surface area contributed by atoms with E-state index < -0.39 is 0 Å². The molecule has 2 nitrogen and oxygen atoms in total. The first kappa shape index (κ1) is 6.23. The van der Waals surface area contributed by atoms with Crippen molar-refractivity contribution in [1.29, 1.82) is 0 Å². The largest absolute Gasteiger partial charge is 0.375 e. The maximum atomic E-state index is 3.35. The molecule has 2 heterocycles. The Kier molecular flexibility index (Phi) is 1.42. The molecule has 1 saturated heterocycles. The van der Waals surface area contributed by atoms with E-state index in [-0.39, 0.29) is 0 Å². The summed E-state index contributed by atoms with van der Waals surface area (Å²) in [5.41, 5.74) is 0. The van der Waals surface area contributed by atoms with E-state index in [9.17, 15) is 0 Å². The first-order valence-corrected chi connectivity index (χ1v) is 4.01. The minimum Gasteiger partial charge on any atom is -0.375 e. The number of likely N-dealkylation sites (tertiary alicyclic amines) is 1. The summed E-state index contributed by atoms with van der Waals surface area (Å²) in [4.78, 5) is 2.40. The minimum atomic E-state index is 0.605. The number of piperidine rings is 1. The van der Waals surface area contributed by atoms with Crippen LogP contribution in [0, 0.1) is 5.92 Å². The van der Waals surface area contributed by atoms with Gasteiger partial charge in [0.15, 0.2) is 0 Å². The monoisotopic (exact) mass is 138 g/mol. The van der Waals surface area contributed by atoms with Gasteiger partial charge < -0.3 is 5.32 Å². The lowest BCUT2D eigenvalue weighted by Gasteiger charge is -2.34. The van der Waals surface area contributed by atoms with E-state index in [1.165, 1.54) is 19.4 Å². The molecule has 0 aromatic heterocycles. The Morgan fingerprint density at radius 3 is 3.30 bits per heavy atom. The average Bonchev–Trinajstić information content (AvgIpc) is 2.36. The fourth-order valence-corrected chi connectivity index (χ4v) is 1.93. The zero-order valence-corrected chi connectivity index (χ0v) is 6.38. The van der Waals surface area contributed by atoms with E-state index in [4.69, 9.17) is 0 Å². The lowest BCUT2D eigenvalue weighted by molar-refractivity contribution is 0.140. The van der Waals surface area contributed by atoms with E-state index >= 15 is 0 Å². The fraction of sp³-hybridized carbons (Fsp3) is 0.750. The normalized spacial score (nSPS) is 39.3. The van der Waals surface area contributed by atoms with Gasteiger partial charge in [-0.05, 0) is 32.6 Å². The SMILES string of the molecule is CN1CCCC2C=CNC21. The van der Waals surface area contributed by atoms with E-state index in [1.807, 2.05) is 0 Å². The molecule has 2 aliphatic heterocycles. The summed E-state index contributed by atoms with van der Waals surface area (Å²) in [5.74, 6) is 0.777. The first-order chi connectivity index (χ1) is 4.88. The van der Waals surface area contributed by atoms with Crippen molar-refractivity contribution in [2.75, 3.05) is 13.6 Å². The van der Waals surface area contributed by atoms with Gasteiger partial charge in [0.25, 0.3) is 0 Å². The maximum Gasteiger partial charge on any atom is 0.0850 e. The van der Waals surface area contributed by atoms with E-state index in [2.05, 4.69) is 29.5 Å². The molecule has 0 bridgehead atoms. The van der Waals surface area contributed by atoms with Crippen LogP contribution in [0.1, 0.15) is 12.8 Å². The third kappa shape index (κ3) is 0.833. The molecule has 0 spiro atoms. The number of hydrogen-bond acceptors (Lipinski definition) is 2. The van der Waals surface area contributed by atoms with Crippen molar-refractivity contribution in [3.63, 3.8) is 0 Å². The zero-order valence-electron chi connectivity index (χ0n) is 6.38. The summed E-state index contributed by atoms with van der Waals surface area (Å²) < 4.78 is 0. The van der Waals surface area contributed by atoms with Crippen molar-refractivity contribution in [2.24, 2.45) is 5.92 Å². The first-order valence-electron chi connectivity index (χ1n) is 4.01. The van der Waals surface area contributed by atoms with Crippen LogP contribution in [0.2, 0.25) is 0 Å². The van der Waals surface area contributed by atoms with Crippen LogP contribution >= 0.6 is 0 Å². The molecule has 0 saturated carbocycles. The Balaban J connectivity index is 2.07. The van der Waals surface area contributed by atoms with Crippen LogP contribution in [0.3, 0.4) is 0 Å². The fourth-order valence-electron chi connectivity index (χ4n) is 1.93. The molecule has 2 heteroatoms. The molecule has 56 valence electrons. The smallest absolute Gasteiger partial charge is 0.0850 e. The van der Waals surface area contributed by atoms with Gasteiger partial charge in [-0.3, -0.25) is 4.90 Å². The van der Waals surface area contributed by atoms with Crippen LogP contribution in [-0.4, -0.2) is 24.7 Å². The quantitative estimate of drug-likeness (QED) is 0.532. The molecule has 0 aromatic rings. The predicted molar refractivity (Wildman–Crippen MR) is 41.4 cm³/mol. The molecule has 2 rings (SSSR count). The average molecular weight is 138 g/mol. The molecule has 1 fully saturated rings. The molecule has 0 amide bonds. The van der Waals surface area contributed by atoms with E-state index in [0.29, 0.717) is 6.17 Å². The van der Waals surface area contributed by atoms with Crippen LogP contribution in [0.5, 0.6) is 0 Å². The Bertz CT molecular complexity index is 153. The van der Waals surface area contributed by atoms with Gasteiger partial charge in [-0.2, -0.15) is 0 Å². The Morgan fingerprint density at radius 1 is 1.60 bits per heavy atom. The van der Waals surface area contributed by atoms with Gasteiger partial charge in [0, 0.05) is 5.92 Å². The third-order valence-electron chi connectivity index (χ3n) is 2.54. The van der Waals surface area contributed by atoms with E-state index in [1.54, 1.807) is 0 Å². The van der Waals surface area contributed by atoms with Crippen LogP contribution < -0.4 is 5.32 Å². The van der Waals surface area contributed by atoms with Gasteiger partial charge in [-0.15, -0.1) is 0 Å². The van der Waals surface area contributed by atoms with Crippen LogP contribution in [0.15, 0.2) is 12.3 Å². The highest BCUT2D eigenvalue weighted by Crippen LogP contribution is 2.24. The van der Waals surface area contributed by atoms with Crippen molar-refractivity contribution in [2.45, 2.75) is 19.0 Å². The second-order valence-corrected chi connectivity index (χ2v) is 3.26. The van der Waals surface area contributed by atoms with Crippen LogP contribution in [0.4, 0.5) is 0 Å². The molecule has 2 aliphatic rings. The third-order valence-corrected chi connectivity index (χ3v) is 2.54. The van der Waals surface area contributed by atoms with Crippen LogP contribution in [-0.2, 0) is 0 Å². The summed E-state index contributed by atoms with van der Waals surface area (Å²) in [6.07, 6.45) is 7.70. The Labute approximate surface area is 61.9 Å². The number of nitrogens with zero attached hydrogens (tertiary/aromatic N) is 1. The van der Waals surface area contributed by atoms with Gasteiger partial charge in [-0.1, -0.05) is 6.08 Å². The minimum absolute atomic E-state index is 0.605. The molecule has 0 radical (unpaired) electrons. The summed E-state index contributed by atoms with van der Waals surface area (Å²) >= 11 is 0. The van der Waals surface area contributed by atoms with Gasteiger partial charge in [0.2, 0.25) is 0 Å². The Morgan fingerprint density at radius 2 is 2.50 bits per heavy atom. The maximum absolute atomic E-state index is 3.35. The second kappa shape index (κ2) is 2.27. The number of hydrogen-bond donors (Lipinski definition) is 1. The number of nitrogens with one attached hydrogen (secondary N) is 1. The van der Waals surface area contributed by atoms with Gasteiger partial charge in [0.05, 0.1) is 6.17 Å². The van der Waals surface area contributed by atoms with Crippen molar-refractivity contribution in [3.05, 3.63) is 12.3 Å². The molecule has 0 aromatic carbocycles. The summed E-state index contributed by atoms with van der Waals surface area (Å²) in [6.45, 7) is 1.25. The molecule has 0 aliphatic carbocycles. The highest BCUT2D eigenvalue weighted by molar-refractivity contribution is 5.03. The van der Waals surface area contributed by atoms with Crippen molar-refractivity contribution < 1.29 is 0 Å². The molecular formula is C8H14N2. The lowest BCUT2D eigenvalue weighted by atomic mass is 9.97. The second-order valence-electron chi connectivity index (χ2n) is 3.26. The number of fused-ring (bicyclic) bond motifs is 1. The Hall–Kier alpha value is -0.500. The van der Waals surface area contributed by atoms with Gasteiger partial charge in [0.1, 0.15) is 0 Å². The van der Waals surface area contributed by atoms with Crippen molar-refractivity contribution in [1.82, 2.24) is 10.2 Å². The van der Waals surface area contributed by atoms with Crippen LogP contribution in [0.25, 0.3) is 0 Å². The topological polar surface area (TPSA) is 15.3 Å². The molecule has 10 heavy (non-hydrogen) atoms. The molecule has 1 N–H and O–H groups in total. The molecular weight excluding hydrogens is 124 g/mol. The zero-order chi connectivity index (χ0) is 6.97. The summed E-state index contributed by atoms with van der Waals surface area (Å²) in [6, 6.07) is 0.